The third-order valence-electron chi connectivity index (χ3n) is 0.792. The van der Waals surface area contributed by atoms with Crippen molar-refractivity contribution in [1.82, 2.24) is 5.01 Å². The van der Waals surface area contributed by atoms with Crippen molar-refractivity contribution in [3.8, 4) is 0 Å². The number of nitrogens with one attached hydrogen (secondary N) is 1. The molecule has 1 N–H and O–H groups in total. The molecule has 4 nitrogen and oxygen atoms in total. The maximum Gasteiger partial charge on any atom is 0.141 e. The van der Waals surface area contributed by atoms with E-state index in [1.807, 2.05) is 6.92 Å². The summed E-state index contributed by atoms with van der Waals surface area (Å²) in [5.41, 5.74) is 6.46. The topological polar surface area (TPSA) is 56.5 Å². The number of hydrogen-bond donors (Lipinski definition) is 1. The van der Waals surface area contributed by atoms with Crippen LogP contribution in [0.1, 0.15) is 6.92 Å². The summed E-state index contributed by atoms with van der Waals surface area (Å²) in [7, 11) is 0. The van der Waals surface area contributed by atoms with Crippen molar-refractivity contribution in [2.75, 3.05) is 13.1 Å². The number of likely N-dealkylation sites (N-methyl/N-ethyl adjacent to an activating group) is 1. The fraction of sp³-hybridized carbons (Fsp3) is 0.750. The van der Waals surface area contributed by atoms with Gasteiger partial charge in [0.05, 0.1) is 6.54 Å². The first-order valence-electron chi connectivity index (χ1n) is 2.41. The van der Waals surface area contributed by atoms with Crippen molar-refractivity contribution >= 4 is 6.29 Å². The molecule has 0 aliphatic heterocycles. The molecule has 0 aromatic heterocycles. The molecule has 0 fully saturated rings. The van der Waals surface area contributed by atoms with E-state index in [0.29, 0.717) is 6.54 Å². The second kappa shape index (κ2) is 4.23. The van der Waals surface area contributed by atoms with E-state index >= 15 is 0 Å². The Kier molecular flexibility index (Phi) is 3.74. The predicted octanol–water partition coefficient (Wildman–Crippen LogP) is 0.453. The van der Waals surface area contributed by atoms with E-state index in [4.69, 9.17) is 5.53 Å². The Bertz CT molecular complexity index is 83.4. The molecule has 8 heavy (non-hydrogen) atoms. The number of carbonyl (C=O) groups is 1. The van der Waals surface area contributed by atoms with Gasteiger partial charge < -0.3 is 4.79 Å². The van der Waals surface area contributed by atoms with Crippen LogP contribution in [-0.2, 0) is 4.79 Å². The monoisotopic (exact) mass is 115 g/mol. The summed E-state index contributed by atoms with van der Waals surface area (Å²) in [6.45, 7) is 2.67. The zero-order chi connectivity index (χ0) is 6.41. The summed E-state index contributed by atoms with van der Waals surface area (Å²) in [4.78, 5) is 9.75. The summed E-state index contributed by atoms with van der Waals surface area (Å²) in [6, 6.07) is 0. The van der Waals surface area contributed by atoms with Crippen molar-refractivity contribution in [2.45, 2.75) is 6.92 Å². The van der Waals surface area contributed by atoms with Crippen LogP contribution >= 0.6 is 0 Å². The van der Waals surface area contributed by atoms with Gasteiger partial charge in [0.1, 0.15) is 6.29 Å². The van der Waals surface area contributed by atoms with Crippen molar-refractivity contribution in [3.05, 3.63) is 0 Å². The fourth-order valence-electron chi connectivity index (χ4n) is 0.327. The lowest BCUT2D eigenvalue weighted by Gasteiger charge is -2.07. The fourth-order valence-corrected chi connectivity index (χ4v) is 0.327. The highest BCUT2D eigenvalue weighted by Crippen LogP contribution is 1.82. The van der Waals surface area contributed by atoms with Crippen molar-refractivity contribution in [3.63, 3.8) is 0 Å². The van der Waals surface area contributed by atoms with E-state index in [0.717, 1.165) is 6.29 Å². The number of hydrogen-bond acceptors (Lipinski definition) is 3. The molecule has 0 aliphatic carbocycles. The van der Waals surface area contributed by atoms with Crippen LogP contribution < -0.4 is 0 Å². The molecule has 0 unspecified atom stereocenters. The Balaban J connectivity index is 3.35. The van der Waals surface area contributed by atoms with Crippen LogP contribution in [0, 0.1) is 5.53 Å². The van der Waals surface area contributed by atoms with Gasteiger partial charge in [-0.3, -0.25) is 5.01 Å². The van der Waals surface area contributed by atoms with Crippen LogP contribution in [0.25, 0.3) is 0 Å². The Hall–Kier alpha value is -0.930. The van der Waals surface area contributed by atoms with Gasteiger partial charge in [-0.1, -0.05) is 5.22 Å². The number of aldehydes is 1. The summed E-state index contributed by atoms with van der Waals surface area (Å²) < 4.78 is 0. The van der Waals surface area contributed by atoms with Crippen LogP contribution in [0.3, 0.4) is 0 Å². The lowest BCUT2D eigenvalue weighted by Crippen LogP contribution is -2.17. The normalized spacial score (nSPS) is 8.12. The van der Waals surface area contributed by atoms with Gasteiger partial charge in [-0.15, -0.1) is 0 Å². The standard InChI is InChI=1S/C4H9N3O/c1-2-7(6-5)3-4-8/h4-5H,2-3H2,1H3. The molecule has 0 saturated heterocycles. The molecule has 46 valence electrons. The highest BCUT2D eigenvalue weighted by molar-refractivity contribution is 5.51. The Morgan fingerprint density at radius 3 is 2.62 bits per heavy atom. The first kappa shape index (κ1) is 7.07. The number of nitrogens with zero attached hydrogens (tertiary/aromatic N) is 2. The highest BCUT2D eigenvalue weighted by atomic mass is 16.1. The summed E-state index contributed by atoms with van der Waals surface area (Å²) in [6.07, 6.45) is 0.724. The molecule has 0 spiro atoms. The predicted molar refractivity (Wildman–Crippen MR) is 28.5 cm³/mol. The van der Waals surface area contributed by atoms with Crippen molar-refractivity contribution in [2.24, 2.45) is 5.22 Å². The molecule has 0 heterocycles. The summed E-state index contributed by atoms with van der Waals surface area (Å²) >= 11 is 0. The van der Waals surface area contributed by atoms with Gasteiger partial charge in [0.15, 0.2) is 0 Å². The first-order valence-corrected chi connectivity index (χ1v) is 2.41. The van der Waals surface area contributed by atoms with Gasteiger partial charge in [0.25, 0.3) is 0 Å². The third-order valence-corrected chi connectivity index (χ3v) is 0.792. The summed E-state index contributed by atoms with van der Waals surface area (Å²) in [5.74, 6) is 0. The van der Waals surface area contributed by atoms with Crippen LogP contribution in [0.15, 0.2) is 5.22 Å². The quantitative estimate of drug-likeness (QED) is 0.328. The average Bonchev–Trinajstić information content (AvgIpc) is 1.83. The van der Waals surface area contributed by atoms with Gasteiger partial charge in [-0.05, 0) is 6.92 Å². The van der Waals surface area contributed by atoms with E-state index in [1.165, 1.54) is 5.01 Å². The lowest BCUT2D eigenvalue weighted by atomic mass is 10.6. The minimum atomic E-state index is 0.222. The largest absolute Gasteiger partial charge is 0.301 e. The zero-order valence-electron chi connectivity index (χ0n) is 4.79. The van der Waals surface area contributed by atoms with E-state index in [9.17, 15) is 4.79 Å². The molecule has 0 atom stereocenters. The van der Waals surface area contributed by atoms with Crippen LogP contribution in [-0.4, -0.2) is 24.4 Å². The molecule has 0 amide bonds. The Labute approximate surface area is 48.0 Å². The number of carbonyl (C=O) groups excluding carboxylic acids is 1. The second-order valence-corrected chi connectivity index (χ2v) is 1.27. The zero-order valence-corrected chi connectivity index (χ0v) is 4.79. The molecule has 0 rings (SSSR count). The maximum absolute atomic E-state index is 9.75. The first-order chi connectivity index (χ1) is 3.85. The minimum absolute atomic E-state index is 0.222. The van der Waals surface area contributed by atoms with Crippen molar-refractivity contribution < 1.29 is 4.79 Å². The maximum atomic E-state index is 9.75. The second-order valence-electron chi connectivity index (χ2n) is 1.27. The molecule has 0 aromatic rings. The molecule has 0 aromatic carbocycles. The molecular formula is C4H9N3O. The Morgan fingerprint density at radius 2 is 2.50 bits per heavy atom. The SMILES string of the molecule is CCN(CC=O)N=N. The molecule has 0 saturated carbocycles. The van der Waals surface area contributed by atoms with Gasteiger partial charge in [-0.2, -0.15) is 5.53 Å². The van der Waals surface area contributed by atoms with Gasteiger partial charge in [-0.25, -0.2) is 0 Å². The lowest BCUT2D eigenvalue weighted by molar-refractivity contribution is -0.108. The molecule has 4 heteroatoms. The van der Waals surface area contributed by atoms with E-state index in [-0.39, 0.29) is 6.54 Å². The van der Waals surface area contributed by atoms with Gasteiger partial charge in [0, 0.05) is 6.54 Å². The Morgan fingerprint density at radius 1 is 1.88 bits per heavy atom. The van der Waals surface area contributed by atoms with Crippen LogP contribution in [0.4, 0.5) is 0 Å². The molecule has 0 radical (unpaired) electrons. The molecule has 0 bridgehead atoms. The van der Waals surface area contributed by atoms with Crippen molar-refractivity contribution in [1.29, 1.82) is 5.53 Å². The third kappa shape index (κ3) is 2.28. The van der Waals surface area contributed by atoms with E-state index in [2.05, 4.69) is 5.22 Å². The van der Waals surface area contributed by atoms with Crippen LogP contribution in [0.5, 0.6) is 0 Å². The van der Waals surface area contributed by atoms with Gasteiger partial charge in [0.2, 0.25) is 0 Å². The average molecular weight is 115 g/mol. The van der Waals surface area contributed by atoms with E-state index in [1.54, 1.807) is 0 Å². The van der Waals surface area contributed by atoms with Crippen LogP contribution in [0.2, 0.25) is 0 Å². The van der Waals surface area contributed by atoms with Gasteiger partial charge >= 0.3 is 0 Å². The highest BCUT2D eigenvalue weighted by Gasteiger charge is 1.91. The summed E-state index contributed by atoms with van der Waals surface area (Å²) in [5, 5.41) is 4.40. The smallest absolute Gasteiger partial charge is 0.141 e. The molecular weight excluding hydrogens is 106 g/mol. The molecule has 0 aliphatic rings. The van der Waals surface area contributed by atoms with E-state index < -0.39 is 0 Å². The number of rotatable bonds is 4. The minimum Gasteiger partial charge on any atom is -0.301 e.